The Labute approximate surface area is 120 Å². The first-order chi connectivity index (χ1) is 9.33. The molecule has 1 aliphatic rings. The molecule has 3 heteroatoms. The van der Waals surface area contributed by atoms with Gasteiger partial charge >= 0.3 is 5.97 Å². The normalized spacial score (nSPS) is 29.7. The van der Waals surface area contributed by atoms with Gasteiger partial charge in [-0.05, 0) is 50.8 Å². The number of benzene rings is 1. The fourth-order valence-corrected chi connectivity index (χ4v) is 2.93. The monoisotopic (exact) mass is 271 g/mol. The Bertz CT molecular complexity index is 575. The maximum absolute atomic E-state index is 11.3. The van der Waals surface area contributed by atoms with Gasteiger partial charge in [-0.1, -0.05) is 12.1 Å². The van der Waals surface area contributed by atoms with Crippen molar-refractivity contribution in [2.24, 2.45) is 5.41 Å². The van der Waals surface area contributed by atoms with E-state index in [1.54, 1.807) is 6.92 Å². The smallest absolute Gasteiger partial charge is 0.309 e. The molecule has 0 aliphatic heterocycles. The third-order valence-corrected chi connectivity index (χ3v) is 4.96. The van der Waals surface area contributed by atoms with Crippen molar-refractivity contribution in [3.63, 3.8) is 0 Å². The number of carboxylic acid groups (broad SMARTS) is 1. The lowest BCUT2D eigenvalue weighted by molar-refractivity contribution is -0.150. The Morgan fingerprint density at radius 1 is 1.20 bits per heavy atom. The summed E-state index contributed by atoms with van der Waals surface area (Å²) in [5.41, 5.74) is 2.25. The van der Waals surface area contributed by atoms with Crippen molar-refractivity contribution >= 4 is 5.97 Å². The molecular formula is C17H21NO2. The van der Waals surface area contributed by atoms with Crippen LogP contribution in [0.5, 0.6) is 0 Å². The molecule has 0 amide bonds. The van der Waals surface area contributed by atoms with Gasteiger partial charge in [0.05, 0.1) is 5.41 Å². The highest BCUT2D eigenvalue weighted by molar-refractivity contribution is 5.74. The molecule has 0 unspecified atom stereocenters. The summed E-state index contributed by atoms with van der Waals surface area (Å²) in [6.45, 7) is 13.5. The first-order valence-electron chi connectivity index (χ1n) is 7.03. The van der Waals surface area contributed by atoms with Gasteiger partial charge in [-0.15, -0.1) is 0 Å². The number of aryl methyl sites for hydroxylation is 2. The first kappa shape index (κ1) is 14.6. The summed E-state index contributed by atoms with van der Waals surface area (Å²) in [6, 6.07) is 6.18. The quantitative estimate of drug-likeness (QED) is 0.823. The van der Waals surface area contributed by atoms with Crippen LogP contribution in [0, 0.1) is 25.8 Å². The Hall–Kier alpha value is -1.82. The van der Waals surface area contributed by atoms with E-state index in [1.807, 2.05) is 6.07 Å². The van der Waals surface area contributed by atoms with E-state index in [9.17, 15) is 9.90 Å². The molecule has 1 N–H and O–H groups in total. The number of rotatable bonds is 2. The minimum atomic E-state index is -0.740. The predicted molar refractivity (Wildman–Crippen MR) is 78.4 cm³/mol. The van der Waals surface area contributed by atoms with Crippen molar-refractivity contribution in [1.82, 2.24) is 0 Å². The average Bonchev–Trinajstić information content (AvgIpc) is 2.43. The fraction of sp³-hybridized carbons (Fsp3) is 0.529. The summed E-state index contributed by atoms with van der Waals surface area (Å²) < 4.78 is 0. The molecule has 20 heavy (non-hydrogen) atoms. The highest BCUT2D eigenvalue weighted by Gasteiger charge is 2.49. The largest absolute Gasteiger partial charge is 0.481 e. The predicted octanol–water partition coefficient (Wildman–Crippen LogP) is 4.08. The van der Waals surface area contributed by atoms with Gasteiger partial charge < -0.3 is 9.95 Å². The SMILES string of the molecule is [C-]#[N+]C1(c2ccc(C)c(C)c2)CCC(C)(C(=O)O)CC1. The van der Waals surface area contributed by atoms with Gasteiger partial charge in [0, 0.05) is 18.4 Å². The standard InChI is InChI=1S/C17H21NO2/c1-12-5-6-14(11-13(12)2)17(18-4)9-7-16(3,8-10-17)15(19)20/h5-6,11H,7-10H2,1-3H3,(H,19,20). The van der Waals surface area contributed by atoms with Crippen LogP contribution in [0.4, 0.5) is 0 Å². The molecule has 1 aromatic rings. The van der Waals surface area contributed by atoms with Crippen molar-refractivity contribution in [3.8, 4) is 0 Å². The summed E-state index contributed by atoms with van der Waals surface area (Å²) >= 11 is 0. The number of aliphatic carboxylic acids is 1. The van der Waals surface area contributed by atoms with Crippen LogP contribution in [-0.4, -0.2) is 11.1 Å². The van der Waals surface area contributed by atoms with E-state index in [-0.39, 0.29) is 0 Å². The molecule has 1 aliphatic carbocycles. The van der Waals surface area contributed by atoms with Gasteiger partial charge in [-0.3, -0.25) is 4.79 Å². The molecule has 106 valence electrons. The van der Waals surface area contributed by atoms with Crippen molar-refractivity contribution in [2.45, 2.75) is 52.0 Å². The van der Waals surface area contributed by atoms with Crippen LogP contribution in [0.2, 0.25) is 0 Å². The molecule has 1 aromatic carbocycles. The number of nitrogens with zero attached hydrogens (tertiary/aromatic N) is 1. The van der Waals surface area contributed by atoms with Gasteiger partial charge in [0.15, 0.2) is 0 Å². The maximum atomic E-state index is 11.3. The van der Waals surface area contributed by atoms with Gasteiger partial charge in [0.25, 0.3) is 5.54 Å². The molecule has 2 rings (SSSR count). The Morgan fingerprint density at radius 2 is 1.80 bits per heavy atom. The van der Waals surface area contributed by atoms with Gasteiger partial charge in [-0.25, -0.2) is 6.57 Å². The zero-order valence-corrected chi connectivity index (χ0v) is 12.4. The summed E-state index contributed by atoms with van der Waals surface area (Å²) in [5.74, 6) is -0.740. The Balaban J connectivity index is 2.32. The van der Waals surface area contributed by atoms with Crippen molar-refractivity contribution in [2.75, 3.05) is 0 Å². The third kappa shape index (κ3) is 2.31. The maximum Gasteiger partial charge on any atom is 0.309 e. The summed E-state index contributed by atoms with van der Waals surface area (Å²) in [5, 5.41) is 9.31. The zero-order valence-electron chi connectivity index (χ0n) is 12.4. The van der Waals surface area contributed by atoms with Crippen LogP contribution in [0.25, 0.3) is 4.85 Å². The van der Waals surface area contributed by atoms with Gasteiger partial charge in [0.1, 0.15) is 0 Å². The van der Waals surface area contributed by atoms with E-state index in [0.29, 0.717) is 25.7 Å². The first-order valence-corrected chi connectivity index (χ1v) is 7.03. The molecule has 0 radical (unpaired) electrons. The summed E-state index contributed by atoms with van der Waals surface area (Å²) in [4.78, 5) is 15.2. The molecule has 0 heterocycles. The number of carbonyl (C=O) groups is 1. The highest BCUT2D eigenvalue weighted by Crippen LogP contribution is 2.48. The second-order valence-corrected chi connectivity index (χ2v) is 6.31. The highest BCUT2D eigenvalue weighted by atomic mass is 16.4. The molecular weight excluding hydrogens is 250 g/mol. The number of hydrogen-bond donors (Lipinski definition) is 1. The van der Waals surface area contributed by atoms with Crippen molar-refractivity contribution in [3.05, 3.63) is 46.3 Å². The van der Waals surface area contributed by atoms with E-state index >= 15 is 0 Å². The lowest BCUT2D eigenvalue weighted by atomic mass is 9.66. The zero-order chi connectivity index (χ0) is 15.0. The van der Waals surface area contributed by atoms with Crippen LogP contribution >= 0.6 is 0 Å². The lowest BCUT2D eigenvalue weighted by Gasteiger charge is -2.36. The molecule has 0 bridgehead atoms. The molecule has 0 spiro atoms. The van der Waals surface area contributed by atoms with E-state index in [0.717, 1.165) is 5.56 Å². The van der Waals surface area contributed by atoms with Gasteiger partial charge in [0.2, 0.25) is 0 Å². The van der Waals surface area contributed by atoms with Crippen LogP contribution in [0.15, 0.2) is 18.2 Å². The Morgan fingerprint density at radius 3 is 2.25 bits per heavy atom. The van der Waals surface area contributed by atoms with Crippen molar-refractivity contribution < 1.29 is 9.90 Å². The minimum absolute atomic E-state index is 0.534. The molecule has 0 saturated heterocycles. The molecule has 1 saturated carbocycles. The third-order valence-electron chi connectivity index (χ3n) is 4.96. The lowest BCUT2D eigenvalue weighted by Crippen LogP contribution is -2.38. The number of carboxylic acids is 1. The fourth-order valence-electron chi connectivity index (χ4n) is 2.93. The molecule has 1 fully saturated rings. The van der Waals surface area contributed by atoms with E-state index < -0.39 is 16.9 Å². The van der Waals surface area contributed by atoms with Crippen LogP contribution in [0.1, 0.15) is 49.3 Å². The minimum Gasteiger partial charge on any atom is -0.481 e. The topological polar surface area (TPSA) is 41.7 Å². The Kier molecular flexibility index (Phi) is 3.60. The average molecular weight is 271 g/mol. The number of hydrogen-bond acceptors (Lipinski definition) is 1. The van der Waals surface area contributed by atoms with Crippen LogP contribution in [0.3, 0.4) is 0 Å². The second-order valence-electron chi connectivity index (χ2n) is 6.31. The van der Waals surface area contributed by atoms with E-state index in [4.69, 9.17) is 6.57 Å². The second kappa shape index (κ2) is 4.94. The molecule has 0 aromatic heterocycles. The van der Waals surface area contributed by atoms with E-state index in [2.05, 4.69) is 30.8 Å². The van der Waals surface area contributed by atoms with Crippen LogP contribution < -0.4 is 0 Å². The molecule has 3 nitrogen and oxygen atoms in total. The van der Waals surface area contributed by atoms with Gasteiger partial charge in [-0.2, -0.15) is 0 Å². The van der Waals surface area contributed by atoms with Crippen LogP contribution in [-0.2, 0) is 10.3 Å². The van der Waals surface area contributed by atoms with Crippen molar-refractivity contribution in [1.29, 1.82) is 0 Å². The molecule has 0 atom stereocenters. The summed E-state index contributed by atoms with van der Waals surface area (Å²) in [6.07, 6.45) is 2.39. The van der Waals surface area contributed by atoms with E-state index in [1.165, 1.54) is 11.1 Å². The summed E-state index contributed by atoms with van der Waals surface area (Å²) in [7, 11) is 0.